The molecular formula is C16H20ClNO2S. The lowest BCUT2D eigenvalue weighted by Gasteiger charge is -2.13. The Morgan fingerprint density at radius 1 is 1.29 bits per heavy atom. The Hall–Kier alpha value is -1.07. The second-order valence-corrected chi connectivity index (χ2v) is 6.44. The van der Waals surface area contributed by atoms with Crippen LogP contribution < -0.4 is 10.1 Å². The number of aliphatic hydroxyl groups is 1. The highest BCUT2D eigenvalue weighted by molar-refractivity contribution is 7.10. The molecule has 1 heterocycles. The molecule has 5 heteroatoms. The van der Waals surface area contributed by atoms with Crippen LogP contribution >= 0.6 is 22.9 Å². The summed E-state index contributed by atoms with van der Waals surface area (Å²) in [5, 5.41) is 16.0. The first-order valence-corrected chi connectivity index (χ1v) is 8.12. The second kappa shape index (κ2) is 7.80. The highest BCUT2D eigenvalue weighted by Crippen LogP contribution is 2.21. The summed E-state index contributed by atoms with van der Waals surface area (Å²) in [7, 11) is 0. The lowest BCUT2D eigenvalue weighted by atomic mass is 10.2. The van der Waals surface area contributed by atoms with Gasteiger partial charge in [-0.15, -0.1) is 11.3 Å². The molecule has 0 radical (unpaired) electrons. The molecule has 1 aromatic heterocycles. The van der Waals surface area contributed by atoms with E-state index in [1.54, 1.807) is 17.4 Å². The maximum Gasteiger partial charge on any atom is 0.119 e. The largest absolute Gasteiger partial charge is 0.491 e. The molecule has 2 aromatic rings. The molecular weight excluding hydrogens is 306 g/mol. The number of thiophene rings is 1. The van der Waals surface area contributed by atoms with E-state index in [0.29, 0.717) is 6.54 Å². The first-order valence-electron chi connectivity index (χ1n) is 6.87. The van der Waals surface area contributed by atoms with Crippen molar-refractivity contribution in [2.75, 3.05) is 13.2 Å². The van der Waals surface area contributed by atoms with Crippen molar-refractivity contribution in [2.45, 2.75) is 26.5 Å². The Kier molecular flexibility index (Phi) is 6.06. The van der Waals surface area contributed by atoms with Crippen LogP contribution in [0.1, 0.15) is 16.0 Å². The number of ether oxygens (including phenoxy) is 1. The van der Waals surface area contributed by atoms with Gasteiger partial charge in [0, 0.05) is 23.0 Å². The fourth-order valence-electron chi connectivity index (χ4n) is 1.90. The average Bonchev–Trinajstić information content (AvgIpc) is 2.86. The van der Waals surface area contributed by atoms with Gasteiger partial charge in [-0.05, 0) is 54.6 Å². The van der Waals surface area contributed by atoms with Crippen molar-refractivity contribution in [2.24, 2.45) is 0 Å². The van der Waals surface area contributed by atoms with Crippen molar-refractivity contribution < 1.29 is 9.84 Å². The summed E-state index contributed by atoms with van der Waals surface area (Å²) in [6.45, 7) is 5.56. The SMILES string of the molecule is Cc1cc(OCC(O)CNCc2sccc2C)ccc1Cl. The van der Waals surface area contributed by atoms with Gasteiger partial charge in [0.05, 0.1) is 0 Å². The second-order valence-electron chi connectivity index (χ2n) is 5.03. The minimum atomic E-state index is -0.541. The third-order valence-electron chi connectivity index (χ3n) is 3.21. The Bertz CT molecular complexity index is 585. The molecule has 0 saturated heterocycles. The third-order valence-corrected chi connectivity index (χ3v) is 4.65. The molecule has 114 valence electrons. The van der Waals surface area contributed by atoms with Gasteiger partial charge in [0.15, 0.2) is 0 Å². The maximum absolute atomic E-state index is 9.92. The molecule has 1 atom stereocenters. The molecule has 21 heavy (non-hydrogen) atoms. The summed E-state index contributed by atoms with van der Waals surface area (Å²) >= 11 is 7.69. The van der Waals surface area contributed by atoms with Crippen LogP contribution in [0.25, 0.3) is 0 Å². The Balaban J connectivity index is 1.71. The van der Waals surface area contributed by atoms with E-state index in [1.165, 1.54) is 10.4 Å². The lowest BCUT2D eigenvalue weighted by Crippen LogP contribution is -2.31. The Morgan fingerprint density at radius 3 is 2.76 bits per heavy atom. The molecule has 2 rings (SSSR count). The van der Waals surface area contributed by atoms with Gasteiger partial charge in [0.2, 0.25) is 0 Å². The van der Waals surface area contributed by atoms with Crippen LogP contribution in [0, 0.1) is 13.8 Å². The molecule has 0 aliphatic carbocycles. The summed E-state index contributed by atoms with van der Waals surface area (Å²) in [5.41, 5.74) is 2.25. The van der Waals surface area contributed by atoms with Crippen molar-refractivity contribution >= 4 is 22.9 Å². The van der Waals surface area contributed by atoms with Gasteiger partial charge in [-0.25, -0.2) is 0 Å². The highest BCUT2D eigenvalue weighted by atomic mass is 35.5. The molecule has 1 unspecified atom stereocenters. The third kappa shape index (κ3) is 5.00. The van der Waals surface area contributed by atoms with Crippen molar-refractivity contribution in [3.05, 3.63) is 50.7 Å². The van der Waals surface area contributed by atoms with E-state index < -0.39 is 6.10 Å². The first kappa shape index (κ1) is 16.3. The topological polar surface area (TPSA) is 41.5 Å². The minimum absolute atomic E-state index is 0.261. The summed E-state index contributed by atoms with van der Waals surface area (Å²) < 4.78 is 5.57. The summed E-state index contributed by atoms with van der Waals surface area (Å²) in [6.07, 6.45) is -0.541. The number of hydrogen-bond donors (Lipinski definition) is 2. The van der Waals surface area contributed by atoms with Crippen LogP contribution in [0.2, 0.25) is 5.02 Å². The molecule has 0 amide bonds. The number of aryl methyl sites for hydroxylation is 2. The normalized spacial score (nSPS) is 12.4. The van der Waals surface area contributed by atoms with Crippen LogP contribution in [-0.4, -0.2) is 24.4 Å². The zero-order valence-electron chi connectivity index (χ0n) is 12.2. The highest BCUT2D eigenvalue weighted by Gasteiger charge is 2.07. The van der Waals surface area contributed by atoms with Crippen molar-refractivity contribution in [3.63, 3.8) is 0 Å². The van der Waals surface area contributed by atoms with E-state index in [-0.39, 0.29) is 6.61 Å². The van der Waals surface area contributed by atoms with Gasteiger partial charge in [-0.2, -0.15) is 0 Å². The average molecular weight is 326 g/mol. The molecule has 1 aromatic carbocycles. The van der Waals surface area contributed by atoms with Crippen LogP contribution in [0.15, 0.2) is 29.6 Å². The predicted molar refractivity (Wildman–Crippen MR) is 88.5 cm³/mol. The molecule has 0 saturated carbocycles. The summed E-state index contributed by atoms with van der Waals surface area (Å²) in [4.78, 5) is 1.30. The molecule has 0 fully saturated rings. The first-order chi connectivity index (χ1) is 10.1. The van der Waals surface area contributed by atoms with Gasteiger partial charge in [0.1, 0.15) is 18.5 Å². The fraction of sp³-hybridized carbons (Fsp3) is 0.375. The quantitative estimate of drug-likeness (QED) is 0.818. The molecule has 3 nitrogen and oxygen atoms in total. The van der Waals surface area contributed by atoms with Crippen LogP contribution in [0.4, 0.5) is 0 Å². The van der Waals surface area contributed by atoms with E-state index in [4.69, 9.17) is 16.3 Å². The number of benzene rings is 1. The number of hydrogen-bond acceptors (Lipinski definition) is 4. The van der Waals surface area contributed by atoms with Gasteiger partial charge < -0.3 is 15.2 Å². The van der Waals surface area contributed by atoms with Gasteiger partial charge in [-0.3, -0.25) is 0 Å². The standard InChI is InChI=1S/C16H20ClNO2S/c1-11-5-6-21-16(11)9-18-8-13(19)10-20-14-3-4-15(17)12(2)7-14/h3-7,13,18-19H,8-10H2,1-2H3. The number of halogens is 1. The molecule has 2 N–H and O–H groups in total. The van der Waals surface area contributed by atoms with E-state index >= 15 is 0 Å². The van der Waals surface area contributed by atoms with E-state index in [0.717, 1.165) is 22.9 Å². The van der Waals surface area contributed by atoms with Crippen LogP contribution in [-0.2, 0) is 6.54 Å². The lowest BCUT2D eigenvalue weighted by molar-refractivity contribution is 0.106. The predicted octanol–water partition coefficient (Wildman–Crippen LogP) is 3.55. The van der Waals surface area contributed by atoms with Gasteiger partial charge in [0.25, 0.3) is 0 Å². The Labute approximate surface area is 134 Å². The van der Waals surface area contributed by atoms with E-state index in [1.807, 2.05) is 19.1 Å². The maximum atomic E-state index is 9.92. The van der Waals surface area contributed by atoms with Crippen molar-refractivity contribution in [1.82, 2.24) is 5.32 Å². The van der Waals surface area contributed by atoms with Crippen molar-refractivity contribution in [1.29, 1.82) is 0 Å². The molecule has 0 aliphatic heterocycles. The van der Waals surface area contributed by atoms with Gasteiger partial charge in [-0.1, -0.05) is 11.6 Å². The molecule has 0 bridgehead atoms. The van der Waals surface area contributed by atoms with E-state index in [9.17, 15) is 5.11 Å². The van der Waals surface area contributed by atoms with Crippen molar-refractivity contribution in [3.8, 4) is 5.75 Å². The number of aliphatic hydroxyl groups excluding tert-OH is 1. The van der Waals surface area contributed by atoms with E-state index in [2.05, 4.69) is 23.7 Å². The number of rotatable bonds is 7. The van der Waals surface area contributed by atoms with Gasteiger partial charge >= 0.3 is 0 Å². The Morgan fingerprint density at radius 2 is 2.10 bits per heavy atom. The fourth-order valence-corrected chi connectivity index (χ4v) is 2.89. The molecule has 0 spiro atoms. The smallest absolute Gasteiger partial charge is 0.119 e. The monoisotopic (exact) mass is 325 g/mol. The molecule has 0 aliphatic rings. The van der Waals surface area contributed by atoms with Crippen LogP contribution in [0.5, 0.6) is 5.75 Å². The summed E-state index contributed by atoms with van der Waals surface area (Å²) in [5.74, 6) is 0.727. The van der Waals surface area contributed by atoms with Crippen LogP contribution in [0.3, 0.4) is 0 Å². The number of nitrogens with one attached hydrogen (secondary N) is 1. The minimum Gasteiger partial charge on any atom is -0.491 e. The zero-order valence-corrected chi connectivity index (χ0v) is 13.8. The summed E-state index contributed by atoms with van der Waals surface area (Å²) in [6, 6.07) is 7.59. The zero-order chi connectivity index (χ0) is 15.2.